The number of alkyl halides is 3. The summed E-state index contributed by atoms with van der Waals surface area (Å²) in [5.41, 5.74) is 1.49. The highest BCUT2D eigenvalue weighted by atomic mass is 32.2. The summed E-state index contributed by atoms with van der Waals surface area (Å²) in [5, 5.41) is 13.7. The predicted octanol–water partition coefficient (Wildman–Crippen LogP) is 4.01. The summed E-state index contributed by atoms with van der Waals surface area (Å²) in [5.74, 6) is -0.885. The number of aliphatic hydroxyl groups excluding tert-OH is 1. The van der Waals surface area contributed by atoms with Crippen molar-refractivity contribution < 1.29 is 31.4 Å². The van der Waals surface area contributed by atoms with Crippen molar-refractivity contribution in [2.75, 3.05) is 18.5 Å². The number of aliphatic hydroxyl groups is 1. The van der Waals surface area contributed by atoms with Crippen LogP contribution in [0.15, 0.2) is 59.5 Å². The Bertz CT molecular complexity index is 1290. The molecule has 35 heavy (non-hydrogen) atoms. The van der Waals surface area contributed by atoms with E-state index in [2.05, 4.69) is 15.0 Å². The van der Waals surface area contributed by atoms with Gasteiger partial charge in [-0.05, 0) is 49.6 Å². The fourth-order valence-corrected chi connectivity index (χ4v) is 5.05. The first-order valence-electron chi connectivity index (χ1n) is 11.1. The molecule has 11 heteroatoms. The van der Waals surface area contributed by atoms with Crippen molar-refractivity contribution in [1.82, 2.24) is 9.71 Å². The molecule has 2 aromatic carbocycles. The Kier molecular flexibility index (Phi) is 7.20. The number of sulfonamides is 1. The number of fused-ring (bicyclic) bond motifs is 1. The molecule has 0 saturated heterocycles. The number of benzene rings is 2. The first-order chi connectivity index (χ1) is 16.5. The lowest BCUT2D eigenvalue weighted by atomic mass is 9.80. The van der Waals surface area contributed by atoms with Crippen LogP contribution in [0.1, 0.15) is 18.4 Å². The Hall–Kier alpha value is -2.89. The van der Waals surface area contributed by atoms with Crippen molar-refractivity contribution in [1.29, 1.82) is 0 Å². The molecular formula is C24H26F3N3O4S. The molecule has 0 amide bonds. The van der Waals surface area contributed by atoms with Gasteiger partial charge in [0.15, 0.2) is 0 Å². The van der Waals surface area contributed by atoms with Crippen LogP contribution in [0, 0.1) is 12.8 Å². The van der Waals surface area contributed by atoms with Crippen LogP contribution in [0.4, 0.5) is 19.0 Å². The standard InChI is InChI=1S/C24H26F3N3O4S/c1-15-5-4-7-20(9-15)34-14-19(31)13-28-35(32,33)22-10-16-6-2-3-8-21(16)30-23(22)29-18-11-17(12-18)24(25,26)27/h2-10,17-19,28,31H,11-14H2,1H3,(H,29,30). The Labute approximate surface area is 201 Å². The minimum Gasteiger partial charge on any atom is -0.491 e. The van der Waals surface area contributed by atoms with Gasteiger partial charge in [-0.15, -0.1) is 0 Å². The topological polar surface area (TPSA) is 101 Å². The number of nitrogens with one attached hydrogen (secondary N) is 2. The van der Waals surface area contributed by atoms with Crippen molar-refractivity contribution in [3.05, 3.63) is 60.2 Å². The maximum Gasteiger partial charge on any atom is 0.391 e. The van der Waals surface area contributed by atoms with Gasteiger partial charge in [0, 0.05) is 18.0 Å². The second-order valence-electron chi connectivity index (χ2n) is 8.71. The molecule has 1 atom stereocenters. The fourth-order valence-electron chi connectivity index (χ4n) is 3.84. The van der Waals surface area contributed by atoms with Gasteiger partial charge in [0.2, 0.25) is 10.0 Å². The van der Waals surface area contributed by atoms with Crippen molar-refractivity contribution in [2.45, 2.75) is 43.0 Å². The number of rotatable bonds is 9. The van der Waals surface area contributed by atoms with E-state index in [0.29, 0.717) is 16.7 Å². The number of para-hydroxylation sites is 1. The molecule has 1 aromatic heterocycles. The number of ether oxygens (including phenoxy) is 1. The van der Waals surface area contributed by atoms with Gasteiger partial charge in [-0.3, -0.25) is 0 Å². The van der Waals surface area contributed by atoms with Gasteiger partial charge >= 0.3 is 6.18 Å². The van der Waals surface area contributed by atoms with E-state index in [1.807, 2.05) is 13.0 Å². The molecular weight excluding hydrogens is 483 g/mol. The minimum atomic E-state index is -4.28. The van der Waals surface area contributed by atoms with Crippen molar-refractivity contribution in [2.24, 2.45) is 5.92 Å². The third kappa shape index (κ3) is 6.22. The number of aromatic nitrogens is 1. The Morgan fingerprint density at radius 1 is 1.14 bits per heavy atom. The highest BCUT2D eigenvalue weighted by Crippen LogP contribution is 2.42. The summed E-state index contributed by atoms with van der Waals surface area (Å²) in [4.78, 5) is 4.17. The lowest BCUT2D eigenvalue weighted by Gasteiger charge is -2.37. The second kappa shape index (κ2) is 10.00. The number of halogens is 3. The van der Waals surface area contributed by atoms with Crippen molar-refractivity contribution in [3.8, 4) is 5.75 Å². The average molecular weight is 510 g/mol. The zero-order valence-electron chi connectivity index (χ0n) is 18.9. The SMILES string of the molecule is Cc1cccc(OCC(O)CNS(=O)(=O)c2cc3ccccc3nc2NC2CC(C(F)(F)F)C2)c1. The molecule has 1 heterocycles. The Balaban J connectivity index is 1.46. The molecule has 4 rings (SSSR count). The molecule has 1 aliphatic rings. The molecule has 0 spiro atoms. The van der Waals surface area contributed by atoms with E-state index in [1.165, 1.54) is 6.07 Å². The van der Waals surface area contributed by atoms with Crippen LogP contribution in [-0.2, 0) is 10.0 Å². The quantitative estimate of drug-likeness (QED) is 0.403. The first-order valence-corrected chi connectivity index (χ1v) is 12.6. The van der Waals surface area contributed by atoms with Gasteiger partial charge in [-0.2, -0.15) is 13.2 Å². The van der Waals surface area contributed by atoms with Gasteiger partial charge in [0.25, 0.3) is 0 Å². The zero-order chi connectivity index (χ0) is 25.2. The van der Waals surface area contributed by atoms with Crippen LogP contribution in [-0.4, -0.2) is 50.0 Å². The van der Waals surface area contributed by atoms with E-state index in [1.54, 1.807) is 42.5 Å². The third-order valence-corrected chi connectivity index (χ3v) is 7.30. The average Bonchev–Trinajstić information content (AvgIpc) is 2.77. The van der Waals surface area contributed by atoms with E-state index < -0.39 is 34.3 Å². The van der Waals surface area contributed by atoms with Gasteiger partial charge < -0.3 is 15.2 Å². The lowest BCUT2D eigenvalue weighted by Crippen LogP contribution is -2.43. The van der Waals surface area contributed by atoms with Crippen LogP contribution in [0.2, 0.25) is 0 Å². The largest absolute Gasteiger partial charge is 0.491 e. The van der Waals surface area contributed by atoms with Crippen LogP contribution in [0.3, 0.4) is 0 Å². The zero-order valence-corrected chi connectivity index (χ0v) is 19.7. The molecule has 188 valence electrons. The number of anilines is 1. The van der Waals surface area contributed by atoms with Crippen LogP contribution < -0.4 is 14.8 Å². The van der Waals surface area contributed by atoms with Crippen LogP contribution in [0.25, 0.3) is 10.9 Å². The third-order valence-electron chi connectivity index (χ3n) is 5.86. The summed E-state index contributed by atoms with van der Waals surface area (Å²) in [6.07, 6.45) is -5.71. The minimum absolute atomic E-state index is 0.0210. The summed E-state index contributed by atoms with van der Waals surface area (Å²) < 4.78 is 72.7. The molecule has 3 aromatic rings. The monoisotopic (exact) mass is 509 g/mol. The molecule has 1 aliphatic carbocycles. The normalized spacial score (nSPS) is 19.2. The van der Waals surface area contributed by atoms with Crippen molar-refractivity contribution in [3.63, 3.8) is 0 Å². The summed E-state index contributed by atoms with van der Waals surface area (Å²) in [6.45, 7) is 1.45. The molecule has 0 aliphatic heterocycles. The summed E-state index contributed by atoms with van der Waals surface area (Å²) in [6, 6.07) is 14.9. The van der Waals surface area contributed by atoms with E-state index in [0.717, 1.165) is 5.56 Å². The molecule has 0 bridgehead atoms. The van der Waals surface area contributed by atoms with Gasteiger partial charge in [-0.1, -0.05) is 30.3 Å². The smallest absolute Gasteiger partial charge is 0.391 e. The van der Waals surface area contributed by atoms with E-state index >= 15 is 0 Å². The van der Waals surface area contributed by atoms with Gasteiger partial charge in [0.05, 0.1) is 11.4 Å². The van der Waals surface area contributed by atoms with E-state index in [4.69, 9.17) is 4.74 Å². The first kappa shape index (κ1) is 25.2. The molecule has 0 radical (unpaired) electrons. The second-order valence-corrected chi connectivity index (χ2v) is 10.4. The van der Waals surface area contributed by atoms with E-state index in [-0.39, 0.29) is 36.7 Å². The molecule has 1 fully saturated rings. The lowest BCUT2D eigenvalue weighted by molar-refractivity contribution is -0.195. The maximum absolute atomic E-state index is 13.1. The molecule has 7 nitrogen and oxygen atoms in total. The number of pyridine rings is 1. The number of nitrogens with zero attached hydrogens (tertiary/aromatic N) is 1. The highest BCUT2D eigenvalue weighted by molar-refractivity contribution is 7.89. The van der Waals surface area contributed by atoms with E-state index in [9.17, 15) is 26.7 Å². The predicted molar refractivity (Wildman–Crippen MR) is 126 cm³/mol. The summed E-state index contributed by atoms with van der Waals surface area (Å²) >= 11 is 0. The Morgan fingerprint density at radius 2 is 1.89 bits per heavy atom. The number of hydrogen-bond acceptors (Lipinski definition) is 6. The van der Waals surface area contributed by atoms with Gasteiger partial charge in [-0.25, -0.2) is 18.1 Å². The molecule has 1 unspecified atom stereocenters. The van der Waals surface area contributed by atoms with Crippen LogP contribution >= 0.6 is 0 Å². The Morgan fingerprint density at radius 3 is 2.60 bits per heavy atom. The van der Waals surface area contributed by atoms with Crippen LogP contribution in [0.5, 0.6) is 5.75 Å². The number of hydrogen-bond donors (Lipinski definition) is 3. The maximum atomic E-state index is 13.1. The number of aryl methyl sites for hydroxylation is 1. The van der Waals surface area contributed by atoms with Crippen molar-refractivity contribution >= 4 is 26.7 Å². The van der Waals surface area contributed by atoms with Gasteiger partial charge in [0.1, 0.15) is 29.2 Å². The molecule has 3 N–H and O–H groups in total. The molecule has 1 saturated carbocycles. The highest BCUT2D eigenvalue weighted by Gasteiger charge is 2.48. The summed E-state index contributed by atoms with van der Waals surface area (Å²) in [7, 11) is -4.15. The fraction of sp³-hybridized carbons (Fsp3) is 0.375.